The van der Waals surface area contributed by atoms with Gasteiger partial charge in [0, 0.05) is 20.8 Å². The quantitative estimate of drug-likeness (QED) is 0.269. The SMILES string of the molecule is CCCCC([CH-]OCCOC)OC.[Li+]. The number of ether oxygens (including phenoxy) is 3. The number of rotatable bonds is 9. The summed E-state index contributed by atoms with van der Waals surface area (Å²) in [6, 6.07) is 0. The number of hydrogen-bond acceptors (Lipinski definition) is 3. The molecule has 0 aromatic rings. The van der Waals surface area contributed by atoms with Crippen LogP contribution in [-0.4, -0.2) is 33.5 Å². The normalized spacial score (nSPS) is 12.2. The van der Waals surface area contributed by atoms with Gasteiger partial charge in [-0.3, -0.25) is 0 Å². The molecular weight excluding hydrogens is 175 g/mol. The first-order valence-electron chi connectivity index (χ1n) is 4.81. The van der Waals surface area contributed by atoms with Gasteiger partial charge in [-0.15, -0.1) is 0 Å². The molecule has 0 heterocycles. The molecule has 0 aliphatic heterocycles. The van der Waals surface area contributed by atoms with E-state index < -0.39 is 0 Å². The third-order valence-corrected chi connectivity index (χ3v) is 1.80. The number of methoxy groups -OCH3 is 2. The van der Waals surface area contributed by atoms with E-state index in [4.69, 9.17) is 14.2 Å². The Hall–Kier alpha value is 0.477. The first-order chi connectivity index (χ1) is 6.35. The van der Waals surface area contributed by atoms with Crippen molar-refractivity contribution in [2.75, 3.05) is 27.4 Å². The largest absolute Gasteiger partial charge is 1.00 e. The van der Waals surface area contributed by atoms with Gasteiger partial charge in [0.15, 0.2) is 0 Å². The molecule has 0 aliphatic rings. The molecule has 3 nitrogen and oxygen atoms in total. The van der Waals surface area contributed by atoms with E-state index in [0.717, 1.165) is 6.42 Å². The van der Waals surface area contributed by atoms with Crippen LogP contribution in [0.15, 0.2) is 0 Å². The molecule has 0 aromatic carbocycles. The van der Waals surface area contributed by atoms with E-state index in [-0.39, 0.29) is 25.0 Å². The van der Waals surface area contributed by atoms with Crippen LogP contribution in [0.3, 0.4) is 0 Å². The van der Waals surface area contributed by atoms with E-state index in [1.54, 1.807) is 20.8 Å². The molecule has 0 bridgehead atoms. The molecule has 0 saturated heterocycles. The second kappa shape index (κ2) is 13.5. The van der Waals surface area contributed by atoms with E-state index in [1.807, 2.05) is 0 Å². The van der Waals surface area contributed by atoms with Gasteiger partial charge in [0.2, 0.25) is 0 Å². The first kappa shape index (κ1) is 16.9. The van der Waals surface area contributed by atoms with Crippen LogP contribution in [0.5, 0.6) is 0 Å². The van der Waals surface area contributed by atoms with Crippen molar-refractivity contribution in [3.63, 3.8) is 0 Å². The van der Waals surface area contributed by atoms with Gasteiger partial charge in [-0.05, 0) is 6.10 Å². The van der Waals surface area contributed by atoms with Crippen LogP contribution in [0.1, 0.15) is 26.2 Å². The zero-order chi connectivity index (χ0) is 9.94. The Morgan fingerprint density at radius 2 is 1.93 bits per heavy atom. The van der Waals surface area contributed by atoms with E-state index in [0.29, 0.717) is 13.2 Å². The summed E-state index contributed by atoms with van der Waals surface area (Å²) in [6.45, 7) is 5.15. The van der Waals surface area contributed by atoms with E-state index in [2.05, 4.69) is 6.92 Å². The topological polar surface area (TPSA) is 27.7 Å². The Bertz CT molecular complexity index is 101. The van der Waals surface area contributed by atoms with Crippen LogP contribution in [-0.2, 0) is 14.2 Å². The average molecular weight is 196 g/mol. The van der Waals surface area contributed by atoms with Crippen LogP contribution >= 0.6 is 0 Å². The van der Waals surface area contributed by atoms with Crippen molar-refractivity contribution < 1.29 is 33.1 Å². The third-order valence-electron chi connectivity index (χ3n) is 1.80. The fourth-order valence-corrected chi connectivity index (χ4v) is 0.954. The maximum absolute atomic E-state index is 5.25. The third kappa shape index (κ3) is 10.6. The molecule has 0 spiro atoms. The van der Waals surface area contributed by atoms with Gasteiger partial charge in [-0.1, -0.05) is 26.2 Å². The summed E-state index contributed by atoms with van der Waals surface area (Å²) in [5, 5.41) is 0. The standard InChI is InChI=1S/C10H21O3.Li/c1-4-5-6-10(12-3)9-13-8-7-11-2;/h9-10H,4-8H2,1-3H3;/q-1;+1. The summed E-state index contributed by atoms with van der Waals surface area (Å²) >= 11 is 0. The molecule has 0 N–H and O–H groups in total. The van der Waals surface area contributed by atoms with Gasteiger partial charge >= 0.3 is 18.9 Å². The van der Waals surface area contributed by atoms with Crippen LogP contribution in [0, 0.1) is 6.61 Å². The van der Waals surface area contributed by atoms with Crippen molar-refractivity contribution in [1.82, 2.24) is 0 Å². The molecule has 0 amide bonds. The van der Waals surface area contributed by atoms with Gasteiger partial charge < -0.3 is 14.2 Å². The van der Waals surface area contributed by atoms with Gasteiger partial charge in [0.25, 0.3) is 0 Å². The zero-order valence-corrected chi connectivity index (χ0v) is 9.91. The predicted octanol–water partition coefficient (Wildman–Crippen LogP) is -0.980. The number of hydrogen-bond donors (Lipinski definition) is 0. The molecule has 0 rings (SSSR count). The second-order valence-electron chi connectivity index (χ2n) is 2.92. The van der Waals surface area contributed by atoms with Gasteiger partial charge in [-0.2, -0.15) is 6.61 Å². The minimum Gasteiger partial charge on any atom is -0.548 e. The molecule has 1 unspecified atom stereocenters. The van der Waals surface area contributed by atoms with E-state index >= 15 is 0 Å². The maximum atomic E-state index is 5.25. The van der Waals surface area contributed by atoms with E-state index in [9.17, 15) is 0 Å². The minimum absolute atomic E-state index is 0. The van der Waals surface area contributed by atoms with Gasteiger partial charge in [-0.25, -0.2) is 0 Å². The summed E-state index contributed by atoms with van der Waals surface area (Å²) in [6.07, 6.45) is 3.51. The molecule has 4 heteroatoms. The first-order valence-corrected chi connectivity index (χ1v) is 4.81. The Kier molecular flexibility index (Phi) is 16.3. The predicted molar refractivity (Wildman–Crippen MR) is 52.5 cm³/mol. The maximum Gasteiger partial charge on any atom is 1.00 e. The summed E-state index contributed by atoms with van der Waals surface area (Å²) < 4.78 is 15.3. The molecule has 0 aliphatic carbocycles. The second-order valence-corrected chi connectivity index (χ2v) is 2.92. The molecule has 0 fully saturated rings. The molecular formula is C10H21LiO3. The Morgan fingerprint density at radius 3 is 2.43 bits per heavy atom. The van der Waals surface area contributed by atoms with Crippen molar-refractivity contribution in [2.45, 2.75) is 32.3 Å². The Balaban J connectivity index is 0. The summed E-state index contributed by atoms with van der Waals surface area (Å²) in [7, 11) is 3.37. The van der Waals surface area contributed by atoms with Crippen molar-refractivity contribution in [3.8, 4) is 0 Å². The molecule has 80 valence electrons. The average Bonchev–Trinajstić information content (AvgIpc) is 2.17. The van der Waals surface area contributed by atoms with Crippen molar-refractivity contribution in [3.05, 3.63) is 6.61 Å². The van der Waals surface area contributed by atoms with Crippen LogP contribution in [0.2, 0.25) is 0 Å². The molecule has 0 aromatic heterocycles. The Morgan fingerprint density at radius 1 is 1.21 bits per heavy atom. The zero-order valence-electron chi connectivity index (χ0n) is 9.91. The monoisotopic (exact) mass is 196 g/mol. The number of unbranched alkanes of at least 4 members (excludes halogenated alkanes) is 1. The van der Waals surface area contributed by atoms with Gasteiger partial charge in [0.1, 0.15) is 0 Å². The summed E-state index contributed by atoms with van der Waals surface area (Å²) in [5.74, 6) is 0. The fraction of sp³-hybridized carbons (Fsp3) is 0.900. The molecule has 1 atom stereocenters. The van der Waals surface area contributed by atoms with Crippen LogP contribution in [0.25, 0.3) is 0 Å². The van der Waals surface area contributed by atoms with Crippen LogP contribution in [0.4, 0.5) is 0 Å². The minimum atomic E-state index is 0. The van der Waals surface area contributed by atoms with Gasteiger partial charge in [0.05, 0.1) is 6.61 Å². The fourth-order valence-electron chi connectivity index (χ4n) is 0.954. The smallest absolute Gasteiger partial charge is 0.548 e. The molecule has 0 saturated carbocycles. The van der Waals surface area contributed by atoms with E-state index in [1.165, 1.54) is 12.8 Å². The summed E-state index contributed by atoms with van der Waals surface area (Å²) in [5.41, 5.74) is 0. The van der Waals surface area contributed by atoms with Crippen LogP contribution < -0.4 is 18.9 Å². The molecule has 14 heavy (non-hydrogen) atoms. The Labute approximate surface area is 99.7 Å². The van der Waals surface area contributed by atoms with Crippen molar-refractivity contribution in [1.29, 1.82) is 0 Å². The van der Waals surface area contributed by atoms with Crippen molar-refractivity contribution in [2.24, 2.45) is 0 Å². The summed E-state index contributed by atoms with van der Waals surface area (Å²) in [4.78, 5) is 0. The molecule has 0 radical (unpaired) electrons. The van der Waals surface area contributed by atoms with Crippen molar-refractivity contribution >= 4 is 0 Å².